The topological polar surface area (TPSA) is 75.8 Å². The molecule has 1 aliphatic heterocycles. The van der Waals surface area contributed by atoms with Gasteiger partial charge in [-0.1, -0.05) is 18.0 Å². The highest BCUT2D eigenvalue weighted by molar-refractivity contribution is 5.94. The number of carbonyl (C=O) groups excluding carboxylic acids is 1. The number of aromatic nitrogens is 1. The number of benzene rings is 1. The van der Waals surface area contributed by atoms with Crippen molar-refractivity contribution in [2.24, 2.45) is 0 Å². The van der Waals surface area contributed by atoms with Gasteiger partial charge >= 0.3 is 0 Å². The molecule has 6 nitrogen and oxygen atoms in total. The Bertz CT molecular complexity index is 714. The van der Waals surface area contributed by atoms with Crippen LogP contribution in [0.4, 0.5) is 0 Å². The van der Waals surface area contributed by atoms with E-state index in [0.29, 0.717) is 11.3 Å². The lowest BCUT2D eigenvalue weighted by atomic mass is 10.0. The number of aliphatic hydroxyl groups excluding tert-OH is 1. The fourth-order valence-electron chi connectivity index (χ4n) is 3.21. The predicted molar refractivity (Wildman–Crippen MR) is 93.5 cm³/mol. The first kappa shape index (κ1) is 17.5. The van der Waals surface area contributed by atoms with E-state index < -0.39 is 6.10 Å². The van der Waals surface area contributed by atoms with Gasteiger partial charge in [0.05, 0.1) is 18.8 Å². The Kier molecular flexibility index (Phi) is 5.38. The van der Waals surface area contributed by atoms with E-state index >= 15 is 0 Å². The largest absolute Gasteiger partial charge is 0.497 e. The van der Waals surface area contributed by atoms with Crippen molar-refractivity contribution in [2.45, 2.75) is 38.7 Å². The van der Waals surface area contributed by atoms with Crippen molar-refractivity contribution in [1.82, 2.24) is 10.1 Å². The maximum atomic E-state index is 12.9. The first-order valence-electron chi connectivity index (χ1n) is 8.73. The summed E-state index contributed by atoms with van der Waals surface area (Å²) in [6.45, 7) is 3.06. The van der Waals surface area contributed by atoms with E-state index in [2.05, 4.69) is 5.16 Å². The van der Waals surface area contributed by atoms with Gasteiger partial charge in [0, 0.05) is 18.7 Å². The van der Waals surface area contributed by atoms with Crippen molar-refractivity contribution < 1.29 is 19.2 Å². The van der Waals surface area contributed by atoms with Crippen LogP contribution >= 0.6 is 0 Å². The average Bonchev–Trinajstić information content (AvgIpc) is 2.89. The molecule has 1 fully saturated rings. The number of carbonyl (C=O) groups is 1. The highest BCUT2D eigenvalue weighted by Gasteiger charge is 2.29. The van der Waals surface area contributed by atoms with Gasteiger partial charge in [0.2, 0.25) is 5.76 Å². The molecule has 1 unspecified atom stereocenters. The van der Waals surface area contributed by atoms with Crippen molar-refractivity contribution in [3.05, 3.63) is 35.6 Å². The van der Waals surface area contributed by atoms with Gasteiger partial charge < -0.3 is 19.3 Å². The second-order valence-corrected chi connectivity index (χ2v) is 6.38. The summed E-state index contributed by atoms with van der Waals surface area (Å²) in [6, 6.07) is 7.30. The van der Waals surface area contributed by atoms with E-state index in [1.54, 1.807) is 18.9 Å². The van der Waals surface area contributed by atoms with Crippen molar-refractivity contribution in [1.29, 1.82) is 0 Å². The molecule has 1 atom stereocenters. The minimum atomic E-state index is -0.853. The zero-order chi connectivity index (χ0) is 17.8. The van der Waals surface area contributed by atoms with Crippen molar-refractivity contribution in [3.8, 4) is 17.0 Å². The minimum absolute atomic E-state index is 0.141. The number of hydrogen-bond acceptors (Lipinski definition) is 5. The molecule has 1 N–H and O–H groups in total. The Morgan fingerprint density at radius 2 is 1.84 bits per heavy atom. The van der Waals surface area contributed by atoms with Crippen LogP contribution in [0.3, 0.4) is 0 Å². The third-order valence-electron chi connectivity index (χ3n) is 4.60. The lowest BCUT2D eigenvalue weighted by Crippen LogP contribution is -2.32. The molecule has 1 aromatic carbocycles. The Labute approximate surface area is 147 Å². The number of aliphatic hydroxyl groups is 1. The first-order chi connectivity index (χ1) is 12.1. The highest BCUT2D eigenvalue weighted by atomic mass is 16.5. The van der Waals surface area contributed by atoms with Crippen LogP contribution in [0.1, 0.15) is 54.8 Å². The van der Waals surface area contributed by atoms with Gasteiger partial charge in [0.1, 0.15) is 11.4 Å². The van der Waals surface area contributed by atoms with Crippen LogP contribution in [-0.2, 0) is 0 Å². The number of rotatable bonds is 4. The molecule has 1 amide bonds. The standard InChI is InChI=1S/C19H24N2O4/c1-13(22)16-17(14-7-9-15(24-2)10-8-14)20-25-18(16)19(23)21-11-5-3-4-6-12-21/h7-10,13,22H,3-6,11-12H2,1-2H3. The summed E-state index contributed by atoms with van der Waals surface area (Å²) in [5.74, 6) is 0.680. The maximum Gasteiger partial charge on any atom is 0.292 e. The molecule has 0 aliphatic carbocycles. The molecule has 2 aromatic rings. The molecule has 0 saturated carbocycles. The van der Waals surface area contributed by atoms with E-state index in [1.807, 2.05) is 24.3 Å². The summed E-state index contributed by atoms with van der Waals surface area (Å²) in [6.07, 6.45) is 3.42. The van der Waals surface area contributed by atoms with Crippen molar-refractivity contribution >= 4 is 5.91 Å². The van der Waals surface area contributed by atoms with Crippen molar-refractivity contribution in [3.63, 3.8) is 0 Å². The Morgan fingerprint density at radius 3 is 2.40 bits per heavy atom. The fourth-order valence-corrected chi connectivity index (χ4v) is 3.21. The number of hydrogen-bond donors (Lipinski definition) is 1. The summed E-state index contributed by atoms with van der Waals surface area (Å²) in [5, 5.41) is 14.3. The third kappa shape index (κ3) is 3.69. The van der Waals surface area contributed by atoms with Crippen LogP contribution in [0.15, 0.2) is 28.8 Å². The summed E-state index contributed by atoms with van der Waals surface area (Å²) < 4.78 is 10.6. The molecular formula is C19H24N2O4. The van der Waals surface area contributed by atoms with E-state index in [0.717, 1.165) is 50.1 Å². The molecule has 2 heterocycles. The molecule has 134 valence electrons. The number of nitrogens with zero attached hydrogens (tertiary/aromatic N) is 2. The zero-order valence-electron chi connectivity index (χ0n) is 14.7. The average molecular weight is 344 g/mol. The van der Waals surface area contributed by atoms with E-state index in [-0.39, 0.29) is 11.7 Å². The van der Waals surface area contributed by atoms with Gasteiger partial charge in [-0.2, -0.15) is 0 Å². The van der Waals surface area contributed by atoms with E-state index in [4.69, 9.17) is 9.26 Å². The monoisotopic (exact) mass is 344 g/mol. The summed E-state index contributed by atoms with van der Waals surface area (Å²) in [7, 11) is 1.60. The van der Waals surface area contributed by atoms with Crippen LogP contribution in [0.2, 0.25) is 0 Å². The highest BCUT2D eigenvalue weighted by Crippen LogP contribution is 2.32. The lowest BCUT2D eigenvalue weighted by Gasteiger charge is -2.19. The minimum Gasteiger partial charge on any atom is -0.497 e. The van der Waals surface area contributed by atoms with Gasteiger partial charge in [-0.15, -0.1) is 0 Å². The molecule has 25 heavy (non-hydrogen) atoms. The second kappa shape index (κ2) is 7.70. The van der Waals surface area contributed by atoms with Crippen molar-refractivity contribution in [2.75, 3.05) is 20.2 Å². The quantitative estimate of drug-likeness (QED) is 0.920. The third-order valence-corrected chi connectivity index (χ3v) is 4.60. The van der Waals surface area contributed by atoms with Gasteiger partial charge in [-0.25, -0.2) is 0 Å². The Balaban J connectivity index is 1.94. The summed E-state index contributed by atoms with van der Waals surface area (Å²) in [5.41, 5.74) is 1.71. The van der Waals surface area contributed by atoms with Crippen LogP contribution in [0.5, 0.6) is 5.75 Å². The zero-order valence-corrected chi connectivity index (χ0v) is 14.7. The molecular weight excluding hydrogens is 320 g/mol. The number of likely N-dealkylation sites (tertiary alicyclic amines) is 1. The van der Waals surface area contributed by atoms with Crippen LogP contribution in [0.25, 0.3) is 11.3 Å². The first-order valence-corrected chi connectivity index (χ1v) is 8.73. The van der Waals surface area contributed by atoms with Gasteiger partial charge in [0.15, 0.2) is 0 Å². The number of methoxy groups -OCH3 is 1. The smallest absolute Gasteiger partial charge is 0.292 e. The fraction of sp³-hybridized carbons (Fsp3) is 0.474. The predicted octanol–water partition coefficient (Wildman–Crippen LogP) is 3.42. The van der Waals surface area contributed by atoms with Crippen LogP contribution < -0.4 is 4.74 Å². The molecule has 6 heteroatoms. The normalized spacial score (nSPS) is 16.4. The Morgan fingerprint density at radius 1 is 1.20 bits per heavy atom. The SMILES string of the molecule is COc1ccc(-c2noc(C(=O)N3CCCCCC3)c2C(C)O)cc1. The van der Waals surface area contributed by atoms with E-state index in [9.17, 15) is 9.90 Å². The number of amides is 1. The number of ether oxygens (including phenoxy) is 1. The van der Waals surface area contributed by atoms with Crippen LogP contribution in [0, 0.1) is 0 Å². The lowest BCUT2D eigenvalue weighted by molar-refractivity contribution is 0.0711. The maximum absolute atomic E-state index is 12.9. The van der Waals surface area contributed by atoms with Gasteiger partial charge in [-0.05, 0) is 44.0 Å². The molecule has 0 radical (unpaired) electrons. The molecule has 0 spiro atoms. The molecule has 1 aromatic heterocycles. The summed E-state index contributed by atoms with van der Waals surface area (Å²) in [4.78, 5) is 14.7. The van der Waals surface area contributed by atoms with Gasteiger partial charge in [-0.3, -0.25) is 4.79 Å². The molecule has 0 bridgehead atoms. The second-order valence-electron chi connectivity index (χ2n) is 6.38. The Hall–Kier alpha value is -2.34. The molecule has 3 rings (SSSR count). The molecule has 1 aliphatic rings. The van der Waals surface area contributed by atoms with Gasteiger partial charge in [0.25, 0.3) is 5.91 Å². The van der Waals surface area contributed by atoms with Crippen LogP contribution in [-0.4, -0.2) is 41.3 Å². The molecule has 1 saturated heterocycles. The summed E-state index contributed by atoms with van der Waals surface area (Å²) >= 11 is 0. The van der Waals surface area contributed by atoms with E-state index in [1.165, 1.54) is 0 Å².